The molecular formula is C56H99NO4. The summed E-state index contributed by atoms with van der Waals surface area (Å²) in [5.74, 6) is 5.37. The highest BCUT2D eigenvalue weighted by molar-refractivity contribution is 5.25. The third kappa shape index (κ3) is 16.4. The zero-order chi connectivity index (χ0) is 43.2. The second-order valence-electron chi connectivity index (χ2n) is 21.8. The molecule has 3 saturated carbocycles. The van der Waals surface area contributed by atoms with Crippen LogP contribution >= 0.6 is 0 Å². The largest absolute Gasteiger partial charge is 0.379 e. The molecule has 9 atom stereocenters. The second kappa shape index (κ2) is 28.1. The molecule has 0 aromatic heterocycles. The summed E-state index contributed by atoms with van der Waals surface area (Å²) in [4.78, 5) is 2.55. The monoisotopic (exact) mass is 850 g/mol. The maximum Gasteiger partial charge on any atom is 0.0936 e. The van der Waals surface area contributed by atoms with Crippen molar-refractivity contribution in [2.24, 2.45) is 46.3 Å². The van der Waals surface area contributed by atoms with Crippen LogP contribution < -0.4 is 0 Å². The summed E-state index contributed by atoms with van der Waals surface area (Å²) in [6.45, 7) is 22.5. The first kappa shape index (κ1) is 51.0. The summed E-state index contributed by atoms with van der Waals surface area (Å²) in [7, 11) is 0. The molecule has 4 aliphatic carbocycles. The van der Waals surface area contributed by atoms with E-state index in [2.05, 4.69) is 76.8 Å². The Kier molecular flexibility index (Phi) is 23.5. The van der Waals surface area contributed by atoms with Gasteiger partial charge in [-0.15, -0.1) is 0 Å². The molecule has 0 radical (unpaired) electrons. The highest BCUT2D eigenvalue weighted by Gasteiger charge is 2.59. The topological polar surface area (TPSA) is 40.2 Å². The summed E-state index contributed by atoms with van der Waals surface area (Å²) in [6.07, 6.45) is 45.6. The van der Waals surface area contributed by atoms with E-state index in [1.54, 1.807) is 5.57 Å². The van der Waals surface area contributed by atoms with Crippen molar-refractivity contribution >= 4 is 0 Å². The molecule has 1 aliphatic heterocycles. The molecule has 0 aromatic rings. The van der Waals surface area contributed by atoms with Crippen molar-refractivity contribution in [2.75, 3.05) is 59.3 Å². The average Bonchev–Trinajstić information content (AvgIpc) is 3.90. The summed E-state index contributed by atoms with van der Waals surface area (Å²) in [6, 6.07) is 0. The third-order valence-corrected chi connectivity index (χ3v) is 16.9. The molecule has 5 heteroatoms. The van der Waals surface area contributed by atoms with Crippen molar-refractivity contribution in [3.8, 4) is 0 Å². The molecule has 5 aliphatic rings. The number of rotatable bonds is 32. The van der Waals surface area contributed by atoms with Gasteiger partial charge in [0.25, 0.3) is 0 Å². The van der Waals surface area contributed by atoms with E-state index in [-0.39, 0.29) is 6.10 Å². The van der Waals surface area contributed by atoms with Gasteiger partial charge < -0.3 is 23.8 Å². The van der Waals surface area contributed by atoms with Gasteiger partial charge >= 0.3 is 0 Å². The molecule has 1 heterocycles. The Morgan fingerprint density at radius 1 is 0.721 bits per heavy atom. The molecule has 352 valence electrons. The Hall–Kier alpha value is -0.980. The fourth-order valence-electron chi connectivity index (χ4n) is 13.3. The van der Waals surface area contributed by atoms with Gasteiger partial charge in [0.15, 0.2) is 0 Å². The van der Waals surface area contributed by atoms with Gasteiger partial charge in [-0.05, 0) is 162 Å². The van der Waals surface area contributed by atoms with Crippen LogP contribution in [0.1, 0.15) is 202 Å². The van der Waals surface area contributed by atoms with Gasteiger partial charge in [-0.3, -0.25) is 0 Å². The van der Waals surface area contributed by atoms with Gasteiger partial charge in [0, 0.05) is 13.2 Å². The Morgan fingerprint density at radius 2 is 1.46 bits per heavy atom. The average molecular weight is 850 g/mol. The molecule has 61 heavy (non-hydrogen) atoms. The van der Waals surface area contributed by atoms with Crippen molar-refractivity contribution < 1.29 is 18.9 Å². The molecular weight excluding hydrogens is 751 g/mol. The molecule has 4 fully saturated rings. The highest BCUT2D eigenvalue weighted by atomic mass is 16.6. The van der Waals surface area contributed by atoms with E-state index in [1.807, 2.05) is 0 Å². The van der Waals surface area contributed by atoms with E-state index in [4.69, 9.17) is 18.9 Å². The van der Waals surface area contributed by atoms with Crippen LogP contribution in [0.2, 0.25) is 0 Å². The van der Waals surface area contributed by atoms with Gasteiger partial charge in [-0.2, -0.15) is 0 Å². The van der Waals surface area contributed by atoms with Crippen LogP contribution in [0, 0.1) is 46.3 Å². The predicted molar refractivity (Wildman–Crippen MR) is 259 cm³/mol. The fourth-order valence-corrected chi connectivity index (χ4v) is 13.3. The van der Waals surface area contributed by atoms with Crippen molar-refractivity contribution in [1.82, 2.24) is 4.90 Å². The molecule has 0 bridgehead atoms. The molecule has 0 amide bonds. The second-order valence-corrected chi connectivity index (χ2v) is 21.8. The van der Waals surface area contributed by atoms with Crippen LogP contribution in [0.3, 0.4) is 0 Å². The summed E-state index contributed by atoms with van der Waals surface area (Å²) < 4.78 is 25.1. The summed E-state index contributed by atoms with van der Waals surface area (Å²) >= 11 is 0. The number of allylic oxidation sites excluding steroid dienone is 5. The van der Waals surface area contributed by atoms with E-state index in [0.29, 0.717) is 50.0 Å². The minimum atomic E-state index is 0.124. The molecule has 0 N–H and O–H groups in total. The van der Waals surface area contributed by atoms with Gasteiger partial charge in [0.2, 0.25) is 0 Å². The van der Waals surface area contributed by atoms with Gasteiger partial charge in [-0.25, -0.2) is 0 Å². The van der Waals surface area contributed by atoms with Crippen LogP contribution in [0.5, 0.6) is 0 Å². The number of fused-ring (bicyclic) bond motifs is 5. The van der Waals surface area contributed by atoms with Crippen LogP contribution in [0.15, 0.2) is 36.0 Å². The standard InChI is InChI=1S/C56H99NO4/c1-7-8-9-10-11-12-13-14-15-16-17-18-19-20-21-24-38-59-45-50(44-57-36-22-23-37-57)61-42-40-58-39-41-60-49-32-34-55(5)48(43-49)28-29-51-53-31-30-52(47(4)27-25-26-46(2)3)56(53,6)35-33-54(51)55/h11-12,14-15,28,46-47,49-54H,7-10,13,16-27,29-45H2,1-6H3/t47-,49+,50-,51?,52-,53?,54?,55+,56-/m1/s1. The van der Waals surface area contributed by atoms with E-state index in [1.165, 1.54) is 154 Å². The van der Waals surface area contributed by atoms with Crippen LogP contribution in [-0.2, 0) is 18.9 Å². The first-order valence-corrected chi connectivity index (χ1v) is 26.8. The molecule has 0 aromatic carbocycles. The smallest absolute Gasteiger partial charge is 0.0936 e. The number of unbranched alkanes of at least 4 members (excludes halogenated alkanes) is 9. The zero-order valence-corrected chi connectivity index (χ0v) is 41.1. The zero-order valence-electron chi connectivity index (χ0n) is 41.1. The number of likely N-dealkylation sites (tertiary alicyclic amines) is 1. The first-order valence-electron chi connectivity index (χ1n) is 26.8. The normalized spacial score (nSPS) is 30.3. The van der Waals surface area contributed by atoms with Gasteiger partial charge in [0.1, 0.15) is 0 Å². The van der Waals surface area contributed by atoms with E-state index in [9.17, 15) is 0 Å². The lowest BCUT2D eigenvalue weighted by molar-refractivity contribution is -0.0730. The predicted octanol–water partition coefficient (Wildman–Crippen LogP) is 14.7. The Balaban J connectivity index is 0.901. The van der Waals surface area contributed by atoms with Crippen molar-refractivity contribution in [2.45, 2.75) is 214 Å². The van der Waals surface area contributed by atoms with Crippen molar-refractivity contribution in [1.29, 1.82) is 0 Å². The highest BCUT2D eigenvalue weighted by Crippen LogP contribution is 2.67. The molecule has 5 rings (SSSR count). The lowest BCUT2D eigenvalue weighted by Crippen LogP contribution is -2.51. The molecule has 0 spiro atoms. The van der Waals surface area contributed by atoms with Gasteiger partial charge in [0.05, 0.1) is 45.2 Å². The Labute approximate surface area is 378 Å². The lowest BCUT2D eigenvalue weighted by atomic mass is 9.47. The van der Waals surface area contributed by atoms with Crippen LogP contribution in [0.4, 0.5) is 0 Å². The third-order valence-electron chi connectivity index (χ3n) is 16.9. The van der Waals surface area contributed by atoms with Crippen LogP contribution in [0.25, 0.3) is 0 Å². The maximum atomic E-state index is 6.51. The van der Waals surface area contributed by atoms with E-state index in [0.717, 1.165) is 67.9 Å². The maximum absolute atomic E-state index is 6.51. The number of ether oxygens (including phenoxy) is 4. The number of hydrogen-bond donors (Lipinski definition) is 0. The fraction of sp³-hybridized carbons (Fsp3) is 0.893. The Bertz CT molecular complexity index is 1250. The minimum Gasteiger partial charge on any atom is -0.379 e. The van der Waals surface area contributed by atoms with Crippen molar-refractivity contribution in [3.63, 3.8) is 0 Å². The minimum absolute atomic E-state index is 0.124. The van der Waals surface area contributed by atoms with E-state index < -0.39 is 0 Å². The van der Waals surface area contributed by atoms with Gasteiger partial charge in [-0.1, -0.05) is 135 Å². The molecule has 3 unspecified atom stereocenters. The molecule has 5 nitrogen and oxygen atoms in total. The Morgan fingerprint density at radius 3 is 2.23 bits per heavy atom. The van der Waals surface area contributed by atoms with E-state index >= 15 is 0 Å². The van der Waals surface area contributed by atoms with Crippen molar-refractivity contribution in [3.05, 3.63) is 36.0 Å². The summed E-state index contributed by atoms with van der Waals surface area (Å²) in [5.41, 5.74) is 2.68. The molecule has 1 saturated heterocycles. The van der Waals surface area contributed by atoms with Crippen LogP contribution in [-0.4, -0.2) is 76.4 Å². The number of hydrogen-bond acceptors (Lipinski definition) is 5. The summed E-state index contributed by atoms with van der Waals surface area (Å²) in [5, 5.41) is 0. The number of nitrogens with zero attached hydrogens (tertiary/aromatic N) is 1. The lowest BCUT2D eigenvalue weighted by Gasteiger charge is -2.58. The SMILES string of the molecule is CCCCCC=CCC=CCCCCCCCCOC[C@@H](CN1CCCC1)OCCOCCO[C@H]1CC[C@@]2(C)C(=CCC3C2CC[C@@]2(C)C3CC[C@@H]2[C@H](C)CCCC(C)C)C1. The quantitative estimate of drug-likeness (QED) is 0.0498. The first-order chi connectivity index (χ1) is 29.7.